The van der Waals surface area contributed by atoms with Crippen molar-refractivity contribution in [2.24, 2.45) is 0 Å². The maximum Gasteiger partial charge on any atom is 0.278 e. The normalized spacial score (nSPS) is 20.6. The average molecular weight is 486 g/mol. The number of alkyl halides is 1. The van der Waals surface area contributed by atoms with Crippen molar-refractivity contribution < 1.29 is 27.9 Å². The summed E-state index contributed by atoms with van der Waals surface area (Å²) in [6.07, 6.45) is 1.09. The zero-order valence-electron chi connectivity index (χ0n) is 18.6. The molecule has 2 N–H and O–H groups in total. The fourth-order valence-corrected chi connectivity index (χ4v) is 4.72. The fraction of sp³-hybridized carbons (Fsp3) is 0.292. The number of halogens is 3. The van der Waals surface area contributed by atoms with Gasteiger partial charge in [-0.05, 0) is 30.7 Å². The summed E-state index contributed by atoms with van der Waals surface area (Å²) in [5.74, 6) is -3.72. The number of carbonyl (C=O) groups excluding carboxylic acids is 2. The number of rotatable bonds is 4. The summed E-state index contributed by atoms with van der Waals surface area (Å²) >= 11 is 0. The quantitative estimate of drug-likeness (QED) is 0.693. The summed E-state index contributed by atoms with van der Waals surface area (Å²) < 4.78 is 42.5. The molecule has 3 aliphatic rings. The van der Waals surface area contributed by atoms with Crippen LogP contribution in [0.5, 0.6) is 5.75 Å². The molecule has 1 aliphatic carbocycles. The molecule has 0 radical (unpaired) electrons. The van der Waals surface area contributed by atoms with Crippen LogP contribution in [-0.4, -0.2) is 45.8 Å². The van der Waals surface area contributed by atoms with Gasteiger partial charge in [0, 0.05) is 36.8 Å². The van der Waals surface area contributed by atoms with Crippen LogP contribution in [-0.2, 0) is 6.54 Å². The molecule has 1 unspecified atom stereocenters. The summed E-state index contributed by atoms with van der Waals surface area (Å²) in [7, 11) is 0. The predicted molar refractivity (Wildman–Crippen MR) is 119 cm³/mol. The Kier molecular flexibility index (Phi) is 5.42. The fourth-order valence-electron chi connectivity index (χ4n) is 4.72. The molecule has 1 aromatic carbocycles. The smallest absolute Gasteiger partial charge is 0.278 e. The van der Waals surface area contributed by atoms with Crippen LogP contribution in [0.1, 0.15) is 51.5 Å². The highest BCUT2D eigenvalue weighted by Gasteiger charge is 2.44. The third kappa shape index (κ3) is 3.58. The van der Waals surface area contributed by atoms with Gasteiger partial charge in [-0.1, -0.05) is 12.1 Å². The van der Waals surface area contributed by atoms with Crippen molar-refractivity contribution in [2.45, 2.75) is 32.2 Å². The van der Waals surface area contributed by atoms with E-state index in [-0.39, 0.29) is 37.3 Å². The summed E-state index contributed by atoms with van der Waals surface area (Å²) in [6, 6.07) is 4.23. The molecule has 3 heterocycles. The van der Waals surface area contributed by atoms with Crippen LogP contribution in [0.4, 0.5) is 13.2 Å². The van der Waals surface area contributed by atoms with Gasteiger partial charge in [0.2, 0.25) is 5.43 Å². The highest BCUT2D eigenvalue weighted by atomic mass is 19.1. The van der Waals surface area contributed by atoms with E-state index in [1.807, 2.05) is 0 Å². The lowest BCUT2D eigenvalue weighted by Gasteiger charge is -2.43. The number of allylic oxidation sites excluding steroid dienone is 2. The monoisotopic (exact) mass is 486 g/mol. The van der Waals surface area contributed by atoms with E-state index in [9.17, 15) is 32.7 Å². The molecule has 35 heavy (non-hydrogen) atoms. The number of carbonyl (C=O) groups is 2. The van der Waals surface area contributed by atoms with Crippen molar-refractivity contribution in [3.63, 3.8) is 0 Å². The molecule has 0 spiro atoms. The number of aromatic nitrogens is 1. The Bertz CT molecular complexity index is 1380. The van der Waals surface area contributed by atoms with E-state index < -0.39 is 52.5 Å². The molecule has 1 aromatic heterocycles. The molecule has 11 heteroatoms. The lowest BCUT2D eigenvalue weighted by Crippen LogP contribution is -2.53. The summed E-state index contributed by atoms with van der Waals surface area (Å²) in [6.45, 7) is 1.88. The van der Waals surface area contributed by atoms with Gasteiger partial charge in [0.05, 0.1) is 6.54 Å². The molecule has 182 valence electrons. The van der Waals surface area contributed by atoms with E-state index in [1.54, 1.807) is 18.0 Å². The van der Waals surface area contributed by atoms with Gasteiger partial charge in [-0.2, -0.15) is 0 Å². The highest BCUT2D eigenvalue weighted by Crippen LogP contribution is 2.40. The predicted octanol–water partition coefficient (Wildman–Crippen LogP) is 2.57. The molecule has 2 aromatic rings. The molecule has 0 bridgehead atoms. The zero-order chi connectivity index (χ0) is 25.0. The third-order valence-electron chi connectivity index (χ3n) is 6.45. The minimum absolute atomic E-state index is 0.0333. The number of benzene rings is 1. The Balaban J connectivity index is 1.52. The van der Waals surface area contributed by atoms with Crippen molar-refractivity contribution in [1.29, 1.82) is 0 Å². The highest BCUT2D eigenvalue weighted by molar-refractivity contribution is 5.99. The van der Waals surface area contributed by atoms with Crippen LogP contribution >= 0.6 is 0 Å². The summed E-state index contributed by atoms with van der Waals surface area (Å²) in [5.41, 5.74) is -0.452. The number of aromatic hydroxyl groups is 1. The SMILES string of the molecule is CCN1C(=O)c2c(O)c(=O)c(C(=O)NCC3=CCC(F)C=C3F)cn2N2Cc3ccc(F)cc3[C@@H]12. The van der Waals surface area contributed by atoms with Gasteiger partial charge >= 0.3 is 0 Å². The van der Waals surface area contributed by atoms with Crippen LogP contribution in [0.15, 0.2) is 52.7 Å². The van der Waals surface area contributed by atoms with Crippen molar-refractivity contribution >= 4 is 11.8 Å². The maximum absolute atomic E-state index is 14.0. The number of hydrogen-bond donors (Lipinski definition) is 2. The molecule has 0 saturated carbocycles. The van der Waals surface area contributed by atoms with Crippen molar-refractivity contribution in [3.05, 3.63) is 86.4 Å². The van der Waals surface area contributed by atoms with Crippen LogP contribution < -0.4 is 15.8 Å². The van der Waals surface area contributed by atoms with E-state index in [0.717, 1.165) is 17.8 Å². The van der Waals surface area contributed by atoms with Crippen LogP contribution in [0.2, 0.25) is 0 Å². The topological polar surface area (TPSA) is 94.9 Å². The maximum atomic E-state index is 14.0. The van der Waals surface area contributed by atoms with E-state index in [4.69, 9.17) is 0 Å². The second-order valence-electron chi connectivity index (χ2n) is 8.50. The van der Waals surface area contributed by atoms with E-state index in [0.29, 0.717) is 5.56 Å². The number of hydrogen-bond acceptors (Lipinski definition) is 5. The Morgan fingerprint density at radius 2 is 2.03 bits per heavy atom. The first-order valence-corrected chi connectivity index (χ1v) is 11.0. The number of nitrogens with one attached hydrogen (secondary N) is 1. The molecule has 2 amide bonds. The van der Waals surface area contributed by atoms with Crippen molar-refractivity contribution in [2.75, 3.05) is 18.1 Å². The second-order valence-corrected chi connectivity index (χ2v) is 8.50. The molecule has 8 nitrogen and oxygen atoms in total. The third-order valence-corrected chi connectivity index (χ3v) is 6.45. The lowest BCUT2D eigenvalue weighted by atomic mass is 10.0. The second kappa shape index (κ2) is 8.33. The van der Waals surface area contributed by atoms with Crippen molar-refractivity contribution in [1.82, 2.24) is 14.9 Å². The standard InChI is InChI=1S/C24H21F3N4O4/c1-2-29-23-16-7-14(25)6-4-13(16)10-31(23)30-11-17(20(32)21(33)19(30)24(29)35)22(34)28-9-12-3-5-15(26)8-18(12)27/h3-4,6-8,11,15,23,33H,2,5,9-10H2,1H3,(H,28,34)/t15?,23-/m0/s1. The first-order valence-electron chi connectivity index (χ1n) is 11.0. The molecule has 5 rings (SSSR count). The minimum Gasteiger partial charge on any atom is -0.502 e. The Hall–Kier alpha value is -4.02. The van der Waals surface area contributed by atoms with E-state index in [1.165, 1.54) is 27.8 Å². The molecular formula is C24H21F3N4O4. The first-order chi connectivity index (χ1) is 16.7. The number of nitrogens with zero attached hydrogens (tertiary/aromatic N) is 3. The summed E-state index contributed by atoms with van der Waals surface area (Å²) in [5, 5.41) is 14.7. The Morgan fingerprint density at radius 3 is 2.74 bits per heavy atom. The van der Waals surface area contributed by atoms with E-state index >= 15 is 0 Å². The Morgan fingerprint density at radius 1 is 1.26 bits per heavy atom. The largest absolute Gasteiger partial charge is 0.502 e. The first kappa shape index (κ1) is 22.8. The van der Waals surface area contributed by atoms with Crippen LogP contribution in [0, 0.1) is 5.82 Å². The number of pyridine rings is 1. The van der Waals surface area contributed by atoms with Crippen LogP contribution in [0.3, 0.4) is 0 Å². The number of fused-ring (bicyclic) bond motifs is 5. The molecule has 2 aliphatic heterocycles. The van der Waals surface area contributed by atoms with Gasteiger partial charge in [-0.15, -0.1) is 0 Å². The van der Waals surface area contributed by atoms with Crippen LogP contribution in [0.25, 0.3) is 0 Å². The molecule has 0 fully saturated rings. The van der Waals surface area contributed by atoms with Gasteiger partial charge < -0.3 is 15.3 Å². The molecule has 0 saturated heterocycles. The zero-order valence-corrected chi connectivity index (χ0v) is 18.6. The average Bonchev–Trinajstić information content (AvgIpc) is 3.19. The molecule has 2 atom stereocenters. The van der Waals surface area contributed by atoms with Gasteiger partial charge in [0.1, 0.15) is 29.5 Å². The summed E-state index contributed by atoms with van der Waals surface area (Å²) in [4.78, 5) is 40.3. The van der Waals surface area contributed by atoms with Crippen molar-refractivity contribution in [3.8, 4) is 5.75 Å². The number of amides is 2. The Labute approximate surface area is 197 Å². The van der Waals surface area contributed by atoms with Gasteiger partial charge in [0.15, 0.2) is 11.4 Å². The minimum atomic E-state index is -1.44. The van der Waals surface area contributed by atoms with Gasteiger partial charge in [-0.25, -0.2) is 13.2 Å². The van der Waals surface area contributed by atoms with Gasteiger partial charge in [-0.3, -0.25) is 24.1 Å². The molecular weight excluding hydrogens is 465 g/mol. The van der Waals surface area contributed by atoms with E-state index in [2.05, 4.69) is 5.32 Å². The lowest BCUT2D eigenvalue weighted by molar-refractivity contribution is 0.0589. The van der Waals surface area contributed by atoms with Gasteiger partial charge in [0.25, 0.3) is 11.8 Å².